The van der Waals surface area contributed by atoms with Gasteiger partial charge in [0, 0.05) is 36.9 Å². The summed E-state index contributed by atoms with van der Waals surface area (Å²) in [4.78, 5) is 16.6. The maximum Gasteiger partial charge on any atom is 0.227 e. The van der Waals surface area contributed by atoms with Gasteiger partial charge in [-0.1, -0.05) is 41.9 Å². The maximum atomic E-state index is 12.3. The monoisotopic (exact) mass is 314 g/mol. The van der Waals surface area contributed by atoms with Crippen molar-refractivity contribution in [3.63, 3.8) is 0 Å². The third kappa shape index (κ3) is 3.60. The molecule has 0 radical (unpaired) electrons. The fraction of sp³-hybridized carbons (Fsp3) is 0.278. The van der Waals surface area contributed by atoms with Gasteiger partial charge in [0.15, 0.2) is 0 Å². The normalized spacial score (nSPS) is 15.0. The van der Waals surface area contributed by atoms with Gasteiger partial charge < -0.3 is 9.80 Å². The van der Waals surface area contributed by atoms with E-state index in [0.717, 1.165) is 36.8 Å². The van der Waals surface area contributed by atoms with Gasteiger partial charge in [-0.3, -0.25) is 4.79 Å². The third-order valence-electron chi connectivity index (χ3n) is 4.02. The maximum absolute atomic E-state index is 12.3. The van der Waals surface area contributed by atoms with Crippen LogP contribution in [0.1, 0.15) is 5.56 Å². The Balaban J connectivity index is 1.55. The molecule has 2 aromatic carbocycles. The molecule has 114 valence electrons. The number of anilines is 1. The van der Waals surface area contributed by atoms with E-state index in [-0.39, 0.29) is 5.91 Å². The number of nitrogens with zero attached hydrogens (tertiary/aromatic N) is 2. The van der Waals surface area contributed by atoms with Crippen molar-refractivity contribution in [2.45, 2.75) is 6.42 Å². The van der Waals surface area contributed by atoms with Crippen LogP contribution in [0.2, 0.25) is 5.02 Å². The predicted molar refractivity (Wildman–Crippen MR) is 90.4 cm³/mol. The van der Waals surface area contributed by atoms with Crippen LogP contribution >= 0.6 is 11.6 Å². The van der Waals surface area contributed by atoms with E-state index in [9.17, 15) is 4.79 Å². The summed E-state index contributed by atoms with van der Waals surface area (Å²) in [6.07, 6.45) is 0.488. The molecule has 0 spiro atoms. The van der Waals surface area contributed by atoms with E-state index in [0.29, 0.717) is 6.42 Å². The Hall–Kier alpha value is -2.00. The number of rotatable bonds is 3. The summed E-state index contributed by atoms with van der Waals surface area (Å²) in [5.74, 6) is 0.210. The molecule has 4 heteroatoms. The van der Waals surface area contributed by atoms with Gasteiger partial charge in [-0.25, -0.2) is 0 Å². The average molecular weight is 315 g/mol. The second kappa shape index (κ2) is 6.84. The van der Waals surface area contributed by atoms with E-state index < -0.39 is 0 Å². The number of carbonyl (C=O) groups is 1. The zero-order valence-corrected chi connectivity index (χ0v) is 13.2. The highest BCUT2D eigenvalue weighted by Gasteiger charge is 2.21. The highest BCUT2D eigenvalue weighted by atomic mass is 35.5. The van der Waals surface area contributed by atoms with Crippen molar-refractivity contribution < 1.29 is 4.79 Å². The van der Waals surface area contributed by atoms with E-state index in [1.54, 1.807) is 0 Å². The third-order valence-corrected chi connectivity index (χ3v) is 4.27. The minimum absolute atomic E-state index is 0.210. The van der Waals surface area contributed by atoms with Crippen molar-refractivity contribution in [2.75, 3.05) is 31.1 Å². The molecule has 0 N–H and O–H groups in total. The molecule has 0 atom stereocenters. The van der Waals surface area contributed by atoms with Crippen molar-refractivity contribution in [2.24, 2.45) is 0 Å². The lowest BCUT2D eigenvalue weighted by Crippen LogP contribution is -2.49. The van der Waals surface area contributed by atoms with E-state index >= 15 is 0 Å². The second-order valence-corrected chi connectivity index (χ2v) is 5.94. The molecule has 2 aromatic rings. The SMILES string of the molecule is O=C(Cc1ccccc1)N1CCN(c2ccc(Cl)cc2)CC1. The van der Waals surface area contributed by atoms with Crippen LogP contribution in [0.3, 0.4) is 0 Å². The molecular formula is C18H19ClN2O. The first-order valence-electron chi connectivity index (χ1n) is 7.54. The van der Waals surface area contributed by atoms with Crippen molar-refractivity contribution in [3.8, 4) is 0 Å². The van der Waals surface area contributed by atoms with Crippen LogP contribution in [0, 0.1) is 0 Å². The molecule has 1 amide bonds. The molecule has 1 saturated heterocycles. The average Bonchev–Trinajstić information content (AvgIpc) is 2.57. The van der Waals surface area contributed by atoms with Crippen molar-refractivity contribution >= 4 is 23.2 Å². The Kier molecular flexibility index (Phi) is 4.64. The van der Waals surface area contributed by atoms with Crippen LogP contribution in [0.25, 0.3) is 0 Å². The van der Waals surface area contributed by atoms with Gasteiger partial charge in [0.05, 0.1) is 6.42 Å². The van der Waals surface area contributed by atoms with Gasteiger partial charge in [-0.05, 0) is 29.8 Å². The zero-order valence-electron chi connectivity index (χ0n) is 12.4. The first kappa shape index (κ1) is 14.9. The molecule has 22 heavy (non-hydrogen) atoms. The van der Waals surface area contributed by atoms with Crippen LogP contribution in [-0.4, -0.2) is 37.0 Å². The molecule has 1 aliphatic rings. The topological polar surface area (TPSA) is 23.6 Å². The second-order valence-electron chi connectivity index (χ2n) is 5.51. The number of benzene rings is 2. The minimum Gasteiger partial charge on any atom is -0.368 e. The molecule has 3 rings (SSSR count). The Bertz CT molecular complexity index is 619. The van der Waals surface area contributed by atoms with Gasteiger partial charge in [0.2, 0.25) is 5.91 Å². The van der Waals surface area contributed by atoms with Gasteiger partial charge in [0.1, 0.15) is 0 Å². The summed E-state index contributed by atoms with van der Waals surface area (Å²) in [6.45, 7) is 3.27. The smallest absolute Gasteiger partial charge is 0.227 e. The van der Waals surface area contributed by atoms with Crippen LogP contribution in [0.15, 0.2) is 54.6 Å². The van der Waals surface area contributed by atoms with Crippen LogP contribution in [-0.2, 0) is 11.2 Å². The molecule has 1 fully saturated rings. The highest BCUT2D eigenvalue weighted by Crippen LogP contribution is 2.19. The summed E-state index contributed by atoms with van der Waals surface area (Å²) >= 11 is 5.92. The number of halogens is 1. The van der Waals surface area contributed by atoms with Crippen molar-refractivity contribution in [1.29, 1.82) is 0 Å². The number of carbonyl (C=O) groups excluding carboxylic acids is 1. The van der Waals surface area contributed by atoms with Gasteiger partial charge in [-0.15, -0.1) is 0 Å². The summed E-state index contributed by atoms with van der Waals surface area (Å²) < 4.78 is 0. The van der Waals surface area contributed by atoms with Crippen molar-refractivity contribution in [1.82, 2.24) is 4.90 Å². The number of amides is 1. The van der Waals surface area contributed by atoms with E-state index in [1.807, 2.05) is 59.5 Å². The largest absolute Gasteiger partial charge is 0.368 e. The lowest BCUT2D eigenvalue weighted by atomic mass is 10.1. The highest BCUT2D eigenvalue weighted by molar-refractivity contribution is 6.30. The summed E-state index contributed by atoms with van der Waals surface area (Å²) in [7, 11) is 0. The predicted octanol–water partition coefficient (Wildman–Crippen LogP) is 3.23. The Morgan fingerprint density at radius 2 is 1.55 bits per heavy atom. The fourth-order valence-corrected chi connectivity index (χ4v) is 2.87. The number of hydrogen-bond acceptors (Lipinski definition) is 2. The minimum atomic E-state index is 0.210. The molecule has 0 bridgehead atoms. The quantitative estimate of drug-likeness (QED) is 0.868. The summed E-state index contributed by atoms with van der Waals surface area (Å²) in [6, 6.07) is 17.8. The molecule has 0 aromatic heterocycles. The van der Waals surface area contributed by atoms with Gasteiger partial charge in [-0.2, -0.15) is 0 Å². The van der Waals surface area contributed by atoms with Crippen LogP contribution < -0.4 is 4.90 Å². The Morgan fingerprint density at radius 1 is 0.909 bits per heavy atom. The van der Waals surface area contributed by atoms with Crippen LogP contribution in [0.4, 0.5) is 5.69 Å². The number of piperazine rings is 1. The Morgan fingerprint density at radius 3 is 2.18 bits per heavy atom. The standard InChI is InChI=1S/C18H19ClN2O/c19-16-6-8-17(9-7-16)20-10-12-21(13-11-20)18(22)14-15-4-2-1-3-5-15/h1-9H,10-14H2. The molecule has 0 aliphatic carbocycles. The van der Waals surface area contributed by atoms with Gasteiger partial charge >= 0.3 is 0 Å². The van der Waals surface area contributed by atoms with E-state index in [2.05, 4.69) is 4.90 Å². The lowest BCUT2D eigenvalue weighted by Gasteiger charge is -2.36. The first-order chi connectivity index (χ1) is 10.7. The first-order valence-corrected chi connectivity index (χ1v) is 7.92. The van der Waals surface area contributed by atoms with E-state index in [1.165, 1.54) is 5.69 Å². The fourth-order valence-electron chi connectivity index (χ4n) is 2.75. The van der Waals surface area contributed by atoms with Gasteiger partial charge in [0.25, 0.3) is 0 Å². The molecule has 0 saturated carbocycles. The summed E-state index contributed by atoms with van der Waals surface area (Å²) in [5.41, 5.74) is 2.24. The Labute approximate surface area is 136 Å². The molecule has 1 aliphatic heterocycles. The number of hydrogen-bond donors (Lipinski definition) is 0. The zero-order chi connectivity index (χ0) is 15.4. The van der Waals surface area contributed by atoms with E-state index in [4.69, 9.17) is 11.6 Å². The lowest BCUT2D eigenvalue weighted by molar-refractivity contribution is -0.130. The van der Waals surface area contributed by atoms with Crippen molar-refractivity contribution in [3.05, 3.63) is 65.2 Å². The molecule has 1 heterocycles. The van der Waals surface area contributed by atoms with Crippen LogP contribution in [0.5, 0.6) is 0 Å². The molecule has 0 unspecified atom stereocenters. The molecular weight excluding hydrogens is 296 g/mol. The summed E-state index contributed by atoms with van der Waals surface area (Å²) in [5, 5.41) is 0.750. The molecule has 3 nitrogen and oxygen atoms in total.